The van der Waals surface area contributed by atoms with Gasteiger partial charge in [-0.05, 0) is 25.2 Å². The second kappa shape index (κ2) is 2.84. The summed E-state index contributed by atoms with van der Waals surface area (Å²) in [5, 5.41) is 8.32. The minimum atomic E-state index is 0.378. The van der Waals surface area contributed by atoms with Crippen molar-refractivity contribution in [2.75, 3.05) is 0 Å². The molecule has 2 nitrogen and oxygen atoms in total. The largest absolute Gasteiger partial charge is 0.328 e. The van der Waals surface area contributed by atoms with Crippen LogP contribution >= 0.6 is 0 Å². The first-order valence-corrected chi connectivity index (χ1v) is 3.45. The van der Waals surface area contributed by atoms with Gasteiger partial charge in [-0.1, -0.05) is 0 Å². The van der Waals surface area contributed by atoms with E-state index < -0.39 is 0 Å². The average molecular weight is 124 g/mol. The van der Waals surface area contributed by atoms with Crippen LogP contribution in [0, 0.1) is 17.2 Å². The van der Waals surface area contributed by atoms with Crippen molar-refractivity contribution >= 4 is 0 Å². The predicted octanol–water partition coefficient (Wildman–Crippen LogP) is 1.03. The van der Waals surface area contributed by atoms with E-state index >= 15 is 0 Å². The van der Waals surface area contributed by atoms with E-state index in [0.717, 1.165) is 19.3 Å². The van der Waals surface area contributed by atoms with E-state index in [9.17, 15) is 0 Å². The molecule has 0 unspecified atom stereocenters. The van der Waals surface area contributed by atoms with E-state index in [4.69, 9.17) is 11.0 Å². The lowest BCUT2D eigenvalue weighted by molar-refractivity contribution is 0.551. The minimum absolute atomic E-state index is 0.378. The van der Waals surface area contributed by atoms with Crippen LogP contribution in [0.3, 0.4) is 0 Å². The van der Waals surface area contributed by atoms with Gasteiger partial charge in [-0.2, -0.15) is 5.26 Å². The van der Waals surface area contributed by atoms with Crippen molar-refractivity contribution < 1.29 is 0 Å². The van der Waals surface area contributed by atoms with E-state index in [1.165, 1.54) is 0 Å². The monoisotopic (exact) mass is 124 g/mol. The molecule has 0 saturated heterocycles. The van der Waals surface area contributed by atoms with Gasteiger partial charge in [0, 0.05) is 12.5 Å². The summed E-state index contributed by atoms with van der Waals surface area (Å²) in [4.78, 5) is 0. The van der Waals surface area contributed by atoms with Crippen LogP contribution in [0.2, 0.25) is 0 Å². The van der Waals surface area contributed by atoms with Crippen molar-refractivity contribution in [2.24, 2.45) is 11.7 Å². The minimum Gasteiger partial charge on any atom is -0.328 e. The molecule has 2 N–H and O–H groups in total. The Morgan fingerprint density at radius 1 is 1.56 bits per heavy atom. The molecule has 0 aromatic carbocycles. The fraction of sp³-hybridized carbons (Fsp3) is 0.857. The molecule has 0 heterocycles. The highest BCUT2D eigenvalue weighted by atomic mass is 14.6. The van der Waals surface area contributed by atoms with Gasteiger partial charge >= 0.3 is 0 Å². The van der Waals surface area contributed by atoms with Crippen LogP contribution in [-0.4, -0.2) is 6.04 Å². The summed E-state index contributed by atoms with van der Waals surface area (Å²) in [6, 6.07) is 2.55. The zero-order chi connectivity index (χ0) is 6.69. The maximum atomic E-state index is 8.32. The first kappa shape index (κ1) is 6.57. The Morgan fingerprint density at radius 3 is 2.78 bits per heavy atom. The normalized spacial score (nSPS) is 34.2. The highest BCUT2D eigenvalue weighted by Gasteiger charge is 2.20. The maximum absolute atomic E-state index is 8.32. The van der Waals surface area contributed by atoms with Crippen LogP contribution in [0.25, 0.3) is 0 Å². The smallest absolute Gasteiger partial charge is 0.0624 e. The van der Waals surface area contributed by atoms with Gasteiger partial charge in [-0.25, -0.2) is 0 Å². The molecule has 1 aliphatic rings. The number of hydrogen-bond acceptors (Lipinski definition) is 2. The van der Waals surface area contributed by atoms with Crippen LogP contribution in [-0.2, 0) is 0 Å². The summed E-state index contributed by atoms with van der Waals surface area (Å²) in [5.74, 6) is 0.602. The Balaban J connectivity index is 2.24. The average Bonchev–Trinajstić information content (AvgIpc) is 2.17. The number of nitriles is 1. The molecular formula is C7H12N2. The molecule has 0 bridgehead atoms. The second-order valence-corrected chi connectivity index (χ2v) is 2.80. The highest BCUT2D eigenvalue weighted by Crippen LogP contribution is 2.26. The molecule has 2 atom stereocenters. The summed E-state index contributed by atoms with van der Waals surface area (Å²) in [5.41, 5.74) is 5.65. The van der Waals surface area contributed by atoms with Crippen molar-refractivity contribution in [1.29, 1.82) is 5.26 Å². The van der Waals surface area contributed by atoms with Crippen LogP contribution in [0.5, 0.6) is 0 Å². The Kier molecular flexibility index (Phi) is 2.07. The van der Waals surface area contributed by atoms with Crippen LogP contribution in [0.1, 0.15) is 25.7 Å². The summed E-state index contributed by atoms with van der Waals surface area (Å²) >= 11 is 0. The third-order valence-electron chi connectivity index (χ3n) is 1.96. The zero-order valence-corrected chi connectivity index (χ0v) is 5.51. The van der Waals surface area contributed by atoms with Gasteiger partial charge in [0.25, 0.3) is 0 Å². The van der Waals surface area contributed by atoms with Crippen LogP contribution < -0.4 is 5.73 Å². The standard InChI is InChI=1S/C7H12N2/c8-4-3-6-1-2-7(9)5-6/h6-7H,1-3,5,9H2/t6-,7+/m0/s1. The summed E-state index contributed by atoms with van der Waals surface area (Å²) in [6.45, 7) is 0. The first-order chi connectivity index (χ1) is 4.33. The van der Waals surface area contributed by atoms with Crippen molar-refractivity contribution in [2.45, 2.75) is 31.7 Å². The van der Waals surface area contributed by atoms with Gasteiger partial charge in [0.05, 0.1) is 6.07 Å². The molecule has 1 rings (SSSR count). The lowest BCUT2D eigenvalue weighted by atomic mass is 10.1. The molecule has 1 aliphatic carbocycles. The Morgan fingerprint density at radius 2 is 2.33 bits per heavy atom. The first-order valence-electron chi connectivity index (χ1n) is 3.45. The third kappa shape index (κ3) is 1.69. The fourth-order valence-corrected chi connectivity index (χ4v) is 1.43. The Bertz CT molecular complexity index is 125. The SMILES string of the molecule is N#CC[C@@H]1CC[C@@H](N)C1. The van der Waals surface area contributed by atoms with Gasteiger partial charge in [0.2, 0.25) is 0 Å². The van der Waals surface area contributed by atoms with E-state index in [0.29, 0.717) is 18.4 Å². The van der Waals surface area contributed by atoms with Gasteiger partial charge in [-0.3, -0.25) is 0 Å². The van der Waals surface area contributed by atoms with Crippen molar-refractivity contribution in [3.63, 3.8) is 0 Å². The molecule has 0 radical (unpaired) electrons. The number of nitrogens with zero attached hydrogens (tertiary/aromatic N) is 1. The van der Waals surface area contributed by atoms with Gasteiger partial charge in [0.1, 0.15) is 0 Å². The molecule has 1 saturated carbocycles. The third-order valence-corrected chi connectivity index (χ3v) is 1.96. The van der Waals surface area contributed by atoms with Crippen molar-refractivity contribution in [3.05, 3.63) is 0 Å². The van der Waals surface area contributed by atoms with E-state index in [1.807, 2.05) is 0 Å². The maximum Gasteiger partial charge on any atom is 0.0624 e. The molecule has 50 valence electrons. The number of rotatable bonds is 1. The van der Waals surface area contributed by atoms with E-state index in [-0.39, 0.29) is 0 Å². The second-order valence-electron chi connectivity index (χ2n) is 2.80. The molecule has 2 heteroatoms. The van der Waals surface area contributed by atoms with Crippen molar-refractivity contribution in [1.82, 2.24) is 0 Å². The number of nitrogens with two attached hydrogens (primary N) is 1. The number of hydrogen-bond donors (Lipinski definition) is 1. The Labute approximate surface area is 55.7 Å². The molecule has 0 spiro atoms. The van der Waals surface area contributed by atoms with Crippen LogP contribution in [0.15, 0.2) is 0 Å². The summed E-state index contributed by atoms with van der Waals surface area (Å²) in [6.07, 6.45) is 4.04. The fourth-order valence-electron chi connectivity index (χ4n) is 1.43. The molecule has 1 fully saturated rings. The summed E-state index contributed by atoms with van der Waals surface area (Å²) in [7, 11) is 0. The molecule has 0 aromatic rings. The molecule has 0 aliphatic heterocycles. The molecule has 0 amide bonds. The Hall–Kier alpha value is -0.550. The van der Waals surface area contributed by atoms with E-state index in [2.05, 4.69) is 6.07 Å². The quantitative estimate of drug-likeness (QED) is 0.567. The molecule has 0 aromatic heterocycles. The van der Waals surface area contributed by atoms with Gasteiger partial charge in [0.15, 0.2) is 0 Å². The molecule has 9 heavy (non-hydrogen) atoms. The zero-order valence-electron chi connectivity index (χ0n) is 5.51. The van der Waals surface area contributed by atoms with E-state index in [1.54, 1.807) is 0 Å². The highest BCUT2D eigenvalue weighted by molar-refractivity contribution is 4.84. The topological polar surface area (TPSA) is 49.8 Å². The van der Waals surface area contributed by atoms with Gasteiger partial charge in [-0.15, -0.1) is 0 Å². The van der Waals surface area contributed by atoms with Crippen molar-refractivity contribution in [3.8, 4) is 6.07 Å². The predicted molar refractivity (Wildman–Crippen MR) is 35.5 cm³/mol. The summed E-state index contributed by atoms with van der Waals surface area (Å²) < 4.78 is 0. The lowest BCUT2D eigenvalue weighted by Crippen LogP contribution is -2.14. The lowest BCUT2D eigenvalue weighted by Gasteiger charge is -2.00. The molecular weight excluding hydrogens is 112 g/mol. The van der Waals surface area contributed by atoms with Crippen LogP contribution in [0.4, 0.5) is 0 Å². The van der Waals surface area contributed by atoms with Gasteiger partial charge < -0.3 is 5.73 Å².